The van der Waals surface area contributed by atoms with Gasteiger partial charge in [0.2, 0.25) is 5.91 Å². The van der Waals surface area contributed by atoms with Crippen LogP contribution in [0.1, 0.15) is 13.3 Å². The summed E-state index contributed by atoms with van der Waals surface area (Å²) in [6.45, 7) is 1.64. The number of carbonyl (C=O) groups is 2. The number of ether oxygens (including phenoxy) is 1. The molecule has 12 heavy (non-hydrogen) atoms. The Morgan fingerprint density at radius 1 is 1.58 bits per heavy atom. The molecule has 0 bridgehead atoms. The molecule has 1 amide bonds. The van der Waals surface area contributed by atoms with Crippen molar-refractivity contribution in [3.05, 3.63) is 0 Å². The lowest BCUT2D eigenvalue weighted by atomic mass is 10.2. The van der Waals surface area contributed by atoms with Gasteiger partial charge in [0.15, 0.2) is 6.10 Å². The van der Waals surface area contributed by atoms with Crippen LogP contribution in [0.2, 0.25) is 0 Å². The maximum Gasteiger partial charge on any atom is 0.334 e. The van der Waals surface area contributed by atoms with Gasteiger partial charge >= 0.3 is 5.97 Å². The van der Waals surface area contributed by atoms with E-state index < -0.39 is 12.1 Å². The summed E-state index contributed by atoms with van der Waals surface area (Å²) in [5, 5.41) is 11.5. The minimum atomic E-state index is -1.15. The molecule has 0 heterocycles. The lowest BCUT2D eigenvalue weighted by Gasteiger charge is -2.07. The molecule has 5 heteroatoms. The number of hydrogen-bond acceptors (Lipinski definition) is 4. The quantitative estimate of drug-likeness (QED) is 0.540. The summed E-state index contributed by atoms with van der Waals surface area (Å²) in [7, 11) is 1.20. The van der Waals surface area contributed by atoms with E-state index in [2.05, 4.69) is 10.1 Å². The van der Waals surface area contributed by atoms with Crippen molar-refractivity contribution in [1.29, 1.82) is 0 Å². The zero-order chi connectivity index (χ0) is 9.56. The van der Waals surface area contributed by atoms with Crippen LogP contribution in [0, 0.1) is 0 Å². The zero-order valence-corrected chi connectivity index (χ0v) is 7.16. The fraction of sp³-hybridized carbons (Fsp3) is 0.714. The zero-order valence-electron chi connectivity index (χ0n) is 7.16. The molecule has 0 aliphatic heterocycles. The van der Waals surface area contributed by atoms with Gasteiger partial charge in [0.05, 0.1) is 7.11 Å². The van der Waals surface area contributed by atoms with E-state index in [1.165, 1.54) is 14.0 Å². The Kier molecular flexibility index (Phi) is 5.03. The molecule has 70 valence electrons. The number of methoxy groups -OCH3 is 1. The second-order valence-electron chi connectivity index (χ2n) is 2.31. The van der Waals surface area contributed by atoms with Crippen LogP contribution >= 0.6 is 0 Å². The van der Waals surface area contributed by atoms with Crippen molar-refractivity contribution in [2.75, 3.05) is 13.7 Å². The SMILES string of the molecule is COC(=O)[C@@H](O)CCNC(C)=O. The molecule has 1 atom stereocenters. The van der Waals surface area contributed by atoms with E-state index in [0.29, 0.717) is 0 Å². The fourth-order valence-electron chi connectivity index (χ4n) is 0.639. The molecule has 0 saturated heterocycles. The molecule has 0 rings (SSSR count). The number of aliphatic hydroxyl groups excluding tert-OH is 1. The van der Waals surface area contributed by atoms with Crippen molar-refractivity contribution < 1.29 is 19.4 Å². The number of amides is 1. The molecule has 0 aliphatic carbocycles. The van der Waals surface area contributed by atoms with Gasteiger partial charge in [-0.1, -0.05) is 0 Å². The normalized spacial score (nSPS) is 11.9. The average Bonchev–Trinajstić information content (AvgIpc) is 2.02. The van der Waals surface area contributed by atoms with Crippen LogP contribution in [0.25, 0.3) is 0 Å². The summed E-state index contributed by atoms with van der Waals surface area (Å²) in [4.78, 5) is 21.0. The van der Waals surface area contributed by atoms with Crippen LogP contribution in [-0.2, 0) is 14.3 Å². The molecule has 0 radical (unpaired) electrons. The van der Waals surface area contributed by atoms with Gasteiger partial charge in [0.25, 0.3) is 0 Å². The first-order valence-corrected chi connectivity index (χ1v) is 3.58. The van der Waals surface area contributed by atoms with Crippen LogP contribution in [0.4, 0.5) is 0 Å². The summed E-state index contributed by atoms with van der Waals surface area (Å²) in [5.41, 5.74) is 0. The fourth-order valence-corrected chi connectivity index (χ4v) is 0.639. The molecule has 0 aliphatic rings. The van der Waals surface area contributed by atoms with E-state index in [1.807, 2.05) is 0 Å². The molecule has 0 spiro atoms. The molecule has 0 aromatic rings. The molecule has 2 N–H and O–H groups in total. The predicted molar refractivity (Wildman–Crippen MR) is 41.3 cm³/mol. The van der Waals surface area contributed by atoms with Gasteiger partial charge in [-0.15, -0.1) is 0 Å². The molecule has 5 nitrogen and oxygen atoms in total. The highest BCUT2D eigenvalue weighted by molar-refractivity contribution is 5.74. The van der Waals surface area contributed by atoms with Crippen LogP contribution in [0.5, 0.6) is 0 Å². The van der Waals surface area contributed by atoms with Crippen molar-refractivity contribution in [3.63, 3.8) is 0 Å². The highest BCUT2D eigenvalue weighted by atomic mass is 16.5. The van der Waals surface area contributed by atoms with Gasteiger partial charge in [0, 0.05) is 19.9 Å². The average molecular weight is 175 g/mol. The van der Waals surface area contributed by atoms with Gasteiger partial charge in [0.1, 0.15) is 0 Å². The van der Waals surface area contributed by atoms with Gasteiger partial charge < -0.3 is 15.2 Å². The first-order valence-electron chi connectivity index (χ1n) is 3.58. The van der Waals surface area contributed by atoms with Gasteiger partial charge in [-0.3, -0.25) is 4.79 Å². The first-order chi connectivity index (χ1) is 5.57. The Bertz CT molecular complexity index is 169. The molecular formula is C7H13NO4. The number of hydrogen-bond donors (Lipinski definition) is 2. The van der Waals surface area contributed by atoms with Gasteiger partial charge in [-0.05, 0) is 0 Å². The Labute approximate surface area is 70.7 Å². The largest absolute Gasteiger partial charge is 0.467 e. The van der Waals surface area contributed by atoms with E-state index in [4.69, 9.17) is 5.11 Å². The number of esters is 1. The third kappa shape index (κ3) is 4.68. The first kappa shape index (κ1) is 10.9. The molecule has 0 fully saturated rings. The van der Waals surface area contributed by atoms with E-state index >= 15 is 0 Å². The maximum atomic E-state index is 10.6. The monoisotopic (exact) mass is 175 g/mol. The summed E-state index contributed by atoms with van der Waals surface area (Å²) < 4.78 is 4.27. The maximum absolute atomic E-state index is 10.6. The van der Waals surface area contributed by atoms with Crippen molar-refractivity contribution in [2.45, 2.75) is 19.4 Å². The summed E-state index contributed by atoms with van der Waals surface area (Å²) >= 11 is 0. The Hall–Kier alpha value is -1.10. The summed E-state index contributed by atoms with van der Waals surface area (Å²) in [6.07, 6.45) is -0.978. The smallest absolute Gasteiger partial charge is 0.334 e. The number of nitrogens with one attached hydrogen (secondary N) is 1. The van der Waals surface area contributed by atoms with Crippen LogP contribution in [0.3, 0.4) is 0 Å². The Balaban J connectivity index is 3.50. The number of aliphatic hydroxyl groups is 1. The second kappa shape index (κ2) is 5.54. The number of rotatable bonds is 4. The van der Waals surface area contributed by atoms with Crippen LogP contribution < -0.4 is 5.32 Å². The standard InChI is InChI=1S/C7H13NO4/c1-5(9)8-4-3-6(10)7(11)12-2/h6,10H,3-4H2,1-2H3,(H,8,9)/t6-/m0/s1. The summed E-state index contributed by atoms with van der Waals surface area (Å²) in [6, 6.07) is 0. The Morgan fingerprint density at radius 3 is 2.58 bits per heavy atom. The van der Waals surface area contributed by atoms with Crippen molar-refractivity contribution >= 4 is 11.9 Å². The van der Waals surface area contributed by atoms with E-state index in [1.54, 1.807) is 0 Å². The molecule has 0 saturated carbocycles. The lowest BCUT2D eigenvalue weighted by Crippen LogP contribution is -2.29. The van der Waals surface area contributed by atoms with Crippen molar-refractivity contribution in [1.82, 2.24) is 5.32 Å². The Morgan fingerprint density at radius 2 is 2.17 bits per heavy atom. The summed E-state index contributed by atoms with van der Waals surface area (Å²) in [5.74, 6) is -0.868. The van der Waals surface area contributed by atoms with E-state index in [-0.39, 0.29) is 18.9 Å². The van der Waals surface area contributed by atoms with Crippen LogP contribution in [0.15, 0.2) is 0 Å². The second-order valence-corrected chi connectivity index (χ2v) is 2.31. The highest BCUT2D eigenvalue weighted by Crippen LogP contribution is 1.92. The third-order valence-corrected chi connectivity index (χ3v) is 1.26. The van der Waals surface area contributed by atoms with Crippen molar-refractivity contribution in [2.24, 2.45) is 0 Å². The topological polar surface area (TPSA) is 75.6 Å². The highest BCUT2D eigenvalue weighted by Gasteiger charge is 2.14. The third-order valence-electron chi connectivity index (χ3n) is 1.26. The number of carbonyl (C=O) groups excluding carboxylic acids is 2. The minimum absolute atomic E-state index is 0.173. The molecule has 0 unspecified atom stereocenters. The van der Waals surface area contributed by atoms with Gasteiger partial charge in [-0.2, -0.15) is 0 Å². The van der Waals surface area contributed by atoms with Crippen LogP contribution in [-0.4, -0.2) is 36.7 Å². The molecule has 0 aromatic carbocycles. The van der Waals surface area contributed by atoms with Gasteiger partial charge in [-0.25, -0.2) is 4.79 Å². The lowest BCUT2D eigenvalue weighted by molar-refractivity contribution is -0.150. The predicted octanol–water partition coefficient (Wildman–Crippen LogP) is -0.954. The molecule has 0 aromatic heterocycles. The molecular weight excluding hydrogens is 162 g/mol. The van der Waals surface area contributed by atoms with E-state index in [0.717, 1.165) is 0 Å². The van der Waals surface area contributed by atoms with Crippen molar-refractivity contribution in [3.8, 4) is 0 Å². The minimum Gasteiger partial charge on any atom is -0.467 e. The van der Waals surface area contributed by atoms with E-state index in [9.17, 15) is 9.59 Å².